The van der Waals surface area contributed by atoms with Crippen molar-refractivity contribution in [2.24, 2.45) is 5.73 Å². The molecule has 0 aromatic carbocycles. The van der Waals surface area contributed by atoms with E-state index in [1.807, 2.05) is 32.0 Å². The molecule has 2 N–H and O–H groups in total. The molecule has 3 aromatic rings. The van der Waals surface area contributed by atoms with Gasteiger partial charge >= 0.3 is 0 Å². The van der Waals surface area contributed by atoms with Gasteiger partial charge in [-0.25, -0.2) is 9.50 Å². The van der Waals surface area contributed by atoms with Crippen LogP contribution in [0.5, 0.6) is 0 Å². The Morgan fingerprint density at radius 2 is 2.15 bits per heavy atom. The molecule has 3 rings (SSSR count). The molecule has 0 saturated carbocycles. The van der Waals surface area contributed by atoms with E-state index in [-0.39, 0.29) is 0 Å². The summed E-state index contributed by atoms with van der Waals surface area (Å²) in [5.41, 5.74) is 10.2. The zero-order valence-electron chi connectivity index (χ0n) is 11.2. The maximum Gasteiger partial charge on any atom is 0.166 e. The van der Waals surface area contributed by atoms with Gasteiger partial charge in [0.2, 0.25) is 0 Å². The zero-order valence-corrected chi connectivity index (χ0v) is 12.0. The topological polar surface area (TPSA) is 69.1 Å². The van der Waals surface area contributed by atoms with E-state index < -0.39 is 0 Å². The van der Waals surface area contributed by atoms with Crippen molar-refractivity contribution in [2.75, 3.05) is 0 Å². The number of thiocarbonyl (C=S) groups is 1. The minimum atomic E-state index is 0.307. The molecule has 3 heterocycles. The Balaban J connectivity index is 2.43. The van der Waals surface area contributed by atoms with Crippen LogP contribution in [-0.4, -0.2) is 24.6 Å². The minimum Gasteiger partial charge on any atom is -0.389 e. The highest BCUT2D eigenvalue weighted by atomic mass is 32.1. The molecule has 0 unspecified atom stereocenters. The normalized spacial score (nSPS) is 10.9. The maximum absolute atomic E-state index is 5.91. The van der Waals surface area contributed by atoms with Crippen LogP contribution in [0.3, 0.4) is 0 Å². The van der Waals surface area contributed by atoms with Crippen LogP contribution in [0.1, 0.15) is 17.1 Å². The molecule has 0 spiro atoms. The van der Waals surface area contributed by atoms with Crippen molar-refractivity contribution in [1.82, 2.24) is 19.6 Å². The van der Waals surface area contributed by atoms with Gasteiger partial charge < -0.3 is 5.73 Å². The van der Waals surface area contributed by atoms with Crippen molar-refractivity contribution in [3.8, 4) is 11.1 Å². The molecule has 0 fully saturated rings. The lowest BCUT2D eigenvalue weighted by molar-refractivity contribution is 0.892. The van der Waals surface area contributed by atoms with Gasteiger partial charge in [0, 0.05) is 23.7 Å². The summed E-state index contributed by atoms with van der Waals surface area (Å²) in [4.78, 5) is 8.90. The SMILES string of the molecule is Cc1nc2c(C(N)=S)c(-c3cccnc3)cc(C)n2n1. The highest BCUT2D eigenvalue weighted by Crippen LogP contribution is 2.27. The summed E-state index contributed by atoms with van der Waals surface area (Å²) in [5, 5.41) is 4.37. The number of hydrogen-bond acceptors (Lipinski definition) is 4. The molecule has 5 nitrogen and oxygen atoms in total. The fraction of sp³-hybridized carbons (Fsp3) is 0.143. The van der Waals surface area contributed by atoms with Crippen molar-refractivity contribution in [3.63, 3.8) is 0 Å². The van der Waals surface area contributed by atoms with E-state index in [0.717, 1.165) is 22.4 Å². The minimum absolute atomic E-state index is 0.307. The largest absolute Gasteiger partial charge is 0.389 e. The average molecular weight is 283 g/mol. The van der Waals surface area contributed by atoms with Gasteiger partial charge in [-0.2, -0.15) is 5.10 Å². The van der Waals surface area contributed by atoms with Crippen LogP contribution in [0.15, 0.2) is 30.6 Å². The van der Waals surface area contributed by atoms with Gasteiger partial charge in [-0.05, 0) is 31.5 Å². The van der Waals surface area contributed by atoms with Gasteiger partial charge in [-0.3, -0.25) is 4.98 Å². The molecule has 0 aliphatic carbocycles. The number of fused-ring (bicyclic) bond motifs is 1. The molecule has 0 amide bonds. The molecule has 6 heteroatoms. The number of rotatable bonds is 2. The van der Waals surface area contributed by atoms with Crippen molar-refractivity contribution in [3.05, 3.63) is 47.7 Å². The second-order valence-electron chi connectivity index (χ2n) is 4.57. The Hall–Kier alpha value is -2.34. The smallest absolute Gasteiger partial charge is 0.166 e. The van der Waals surface area contributed by atoms with E-state index in [1.54, 1.807) is 16.9 Å². The number of nitrogens with two attached hydrogens (primary N) is 1. The van der Waals surface area contributed by atoms with Gasteiger partial charge in [-0.15, -0.1) is 0 Å². The predicted octanol–water partition coefficient (Wildman–Crippen LogP) is 2.04. The highest BCUT2D eigenvalue weighted by Gasteiger charge is 2.17. The first-order chi connectivity index (χ1) is 9.58. The molecular weight excluding hydrogens is 270 g/mol. The Morgan fingerprint density at radius 1 is 1.35 bits per heavy atom. The molecule has 100 valence electrons. The van der Waals surface area contributed by atoms with E-state index in [0.29, 0.717) is 16.5 Å². The predicted molar refractivity (Wildman–Crippen MR) is 81.6 cm³/mol. The highest BCUT2D eigenvalue weighted by molar-refractivity contribution is 7.80. The van der Waals surface area contributed by atoms with Crippen molar-refractivity contribution in [2.45, 2.75) is 13.8 Å². The van der Waals surface area contributed by atoms with Crippen LogP contribution >= 0.6 is 12.2 Å². The fourth-order valence-electron chi connectivity index (χ4n) is 2.28. The van der Waals surface area contributed by atoms with E-state index in [4.69, 9.17) is 18.0 Å². The van der Waals surface area contributed by atoms with E-state index in [1.165, 1.54) is 0 Å². The third kappa shape index (κ3) is 1.94. The van der Waals surface area contributed by atoms with Crippen LogP contribution in [0, 0.1) is 13.8 Å². The Kier molecular flexibility index (Phi) is 2.94. The molecule has 0 saturated heterocycles. The summed E-state index contributed by atoms with van der Waals surface area (Å²) < 4.78 is 1.77. The molecule has 20 heavy (non-hydrogen) atoms. The van der Waals surface area contributed by atoms with Crippen molar-refractivity contribution in [1.29, 1.82) is 0 Å². The van der Waals surface area contributed by atoms with E-state index >= 15 is 0 Å². The van der Waals surface area contributed by atoms with Gasteiger partial charge in [0.1, 0.15) is 10.8 Å². The molecular formula is C14H13N5S. The quantitative estimate of drug-likeness (QED) is 0.729. The first-order valence-corrected chi connectivity index (χ1v) is 6.56. The van der Waals surface area contributed by atoms with Crippen molar-refractivity contribution >= 4 is 22.9 Å². The molecule has 0 aliphatic rings. The standard InChI is InChI=1S/C14H13N5S/c1-8-6-11(10-4-3-5-16-7-10)12(13(15)20)14-17-9(2)18-19(8)14/h3-7H,1-2H3,(H2,15,20). The average Bonchev–Trinajstić information content (AvgIpc) is 2.81. The summed E-state index contributed by atoms with van der Waals surface area (Å²) in [6, 6.07) is 5.86. The molecule has 0 bridgehead atoms. The first-order valence-electron chi connectivity index (χ1n) is 6.15. The van der Waals surface area contributed by atoms with Crippen LogP contribution in [0.4, 0.5) is 0 Å². The Bertz CT molecular complexity index is 807. The first kappa shape index (κ1) is 12.7. The number of pyridine rings is 2. The molecule has 3 aromatic heterocycles. The number of hydrogen-bond donors (Lipinski definition) is 1. The number of nitrogens with zero attached hydrogens (tertiary/aromatic N) is 4. The second-order valence-corrected chi connectivity index (χ2v) is 5.01. The second kappa shape index (κ2) is 4.64. The van der Waals surface area contributed by atoms with E-state index in [9.17, 15) is 0 Å². The van der Waals surface area contributed by atoms with Crippen LogP contribution in [0.2, 0.25) is 0 Å². The zero-order chi connectivity index (χ0) is 14.3. The monoisotopic (exact) mass is 283 g/mol. The van der Waals surface area contributed by atoms with Gasteiger partial charge in [0.15, 0.2) is 5.65 Å². The summed E-state index contributed by atoms with van der Waals surface area (Å²) in [7, 11) is 0. The molecule has 0 atom stereocenters. The third-order valence-electron chi connectivity index (χ3n) is 3.11. The Labute approximate surface area is 121 Å². The summed E-state index contributed by atoms with van der Waals surface area (Å²) >= 11 is 5.21. The van der Waals surface area contributed by atoms with Gasteiger partial charge in [-0.1, -0.05) is 18.3 Å². The maximum atomic E-state index is 5.91. The van der Waals surface area contributed by atoms with Crippen LogP contribution in [0.25, 0.3) is 16.8 Å². The molecule has 0 aliphatic heterocycles. The lowest BCUT2D eigenvalue weighted by Crippen LogP contribution is -2.14. The van der Waals surface area contributed by atoms with Crippen molar-refractivity contribution < 1.29 is 0 Å². The van der Waals surface area contributed by atoms with Crippen LogP contribution in [-0.2, 0) is 0 Å². The number of aromatic nitrogens is 4. The van der Waals surface area contributed by atoms with Gasteiger partial charge in [0.25, 0.3) is 0 Å². The summed E-state index contributed by atoms with van der Waals surface area (Å²) in [5.74, 6) is 0.689. The third-order valence-corrected chi connectivity index (χ3v) is 3.32. The van der Waals surface area contributed by atoms with Gasteiger partial charge in [0.05, 0.1) is 5.56 Å². The van der Waals surface area contributed by atoms with E-state index in [2.05, 4.69) is 15.1 Å². The summed E-state index contributed by atoms with van der Waals surface area (Å²) in [6.45, 7) is 3.82. The lowest BCUT2D eigenvalue weighted by atomic mass is 10.0. The number of aryl methyl sites for hydroxylation is 2. The Morgan fingerprint density at radius 3 is 2.80 bits per heavy atom. The lowest BCUT2D eigenvalue weighted by Gasteiger charge is -2.11. The fourth-order valence-corrected chi connectivity index (χ4v) is 2.48. The van der Waals surface area contributed by atoms with Crippen LogP contribution < -0.4 is 5.73 Å². The molecule has 0 radical (unpaired) electrons. The summed E-state index contributed by atoms with van der Waals surface area (Å²) in [6.07, 6.45) is 3.52.